The van der Waals surface area contributed by atoms with Gasteiger partial charge < -0.3 is 10.4 Å². The normalized spacial score (nSPS) is 25.8. The van der Waals surface area contributed by atoms with Gasteiger partial charge in [0, 0.05) is 12.1 Å². The molecule has 1 aliphatic rings. The molecule has 1 aliphatic heterocycles. The maximum atomic E-state index is 14.0. The average Bonchev–Trinajstić information content (AvgIpc) is 2.16. The van der Waals surface area contributed by atoms with Gasteiger partial charge in [0.2, 0.25) is 0 Å². The van der Waals surface area contributed by atoms with Crippen molar-refractivity contribution in [1.82, 2.24) is 5.32 Å². The fourth-order valence-electron chi connectivity index (χ4n) is 2.61. The monoisotopic (exact) mass is 223 g/mol. The molecule has 0 bridgehead atoms. The maximum Gasteiger partial charge on any atom is 0.129 e. The number of hydrogen-bond donors (Lipinski definition) is 2. The molecule has 2 rings (SSSR count). The summed E-state index contributed by atoms with van der Waals surface area (Å²) < 4.78 is 14.0. The zero-order chi connectivity index (χ0) is 11.8. The summed E-state index contributed by atoms with van der Waals surface area (Å²) in [7, 11) is 0. The molecule has 1 saturated heterocycles. The molecular weight excluding hydrogens is 205 g/mol. The van der Waals surface area contributed by atoms with Gasteiger partial charge in [-0.15, -0.1) is 0 Å². The van der Waals surface area contributed by atoms with Gasteiger partial charge in [0.05, 0.1) is 0 Å². The Bertz CT molecular complexity index is 374. The van der Waals surface area contributed by atoms with Crippen LogP contribution in [0.25, 0.3) is 0 Å². The number of halogens is 1. The molecule has 0 saturated carbocycles. The Labute approximate surface area is 95.5 Å². The second-order valence-corrected chi connectivity index (χ2v) is 4.75. The SMILES string of the molecule is Cc1cc(C)c(C2(O)CCCNC2)c(F)c1. The van der Waals surface area contributed by atoms with Crippen LogP contribution in [0.3, 0.4) is 0 Å². The van der Waals surface area contributed by atoms with Crippen molar-refractivity contribution in [2.24, 2.45) is 0 Å². The molecule has 0 amide bonds. The van der Waals surface area contributed by atoms with E-state index in [9.17, 15) is 9.50 Å². The zero-order valence-corrected chi connectivity index (χ0v) is 9.81. The van der Waals surface area contributed by atoms with Crippen LogP contribution in [0.1, 0.15) is 29.5 Å². The standard InChI is InChI=1S/C13H18FNO/c1-9-6-10(2)12(11(14)7-9)13(16)4-3-5-15-8-13/h6-7,15-16H,3-5,8H2,1-2H3. The molecule has 2 N–H and O–H groups in total. The summed E-state index contributed by atoms with van der Waals surface area (Å²) >= 11 is 0. The van der Waals surface area contributed by atoms with Crippen LogP contribution >= 0.6 is 0 Å². The van der Waals surface area contributed by atoms with Crippen molar-refractivity contribution in [2.45, 2.75) is 32.3 Å². The van der Waals surface area contributed by atoms with Crippen molar-refractivity contribution in [3.05, 3.63) is 34.6 Å². The maximum absolute atomic E-state index is 14.0. The fourth-order valence-corrected chi connectivity index (χ4v) is 2.61. The Morgan fingerprint density at radius 2 is 2.12 bits per heavy atom. The van der Waals surface area contributed by atoms with Crippen LogP contribution in [0.4, 0.5) is 4.39 Å². The summed E-state index contributed by atoms with van der Waals surface area (Å²) in [5, 5.41) is 13.6. The zero-order valence-electron chi connectivity index (χ0n) is 9.81. The van der Waals surface area contributed by atoms with E-state index in [-0.39, 0.29) is 5.82 Å². The summed E-state index contributed by atoms with van der Waals surface area (Å²) in [6.07, 6.45) is 1.50. The third-order valence-electron chi connectivity index (χ3n) is 3.26. The van der Waals surface area contributed by atoms with Crippen LogP contribution in [-0.4, -0.2) is 18.2 Å². The Balaban J connectivity index is 2.46. The second kappa shape index (κ2) is 4.15. The second-order valence-electron chi connectivity index (χ2n) is 4.75. The Morgan fingerprint density at radius 3 is 2.69 bits per heavy atom. The van der Waals surface area contributed by atoms with Crippen molar-refractivity contribution >= 4 is 0 Å². The molecule has 1 atom stereocenters. The van der Waals surface area contributed by atoms with Gasteiger partial charge in [-0.05, 0) is 50.4 Å². The number of β-amino-alcohol motifs (C(OH)–C–C–N with tert-alkyl or cyclic N) is 1. The molecule has 1 unspecified atom stereocenters. The molecule has 0 aromatic heterocycles. The topological polar surface area (TPSA) is 32.3 Å². The van der Waals surface area contributed by atoms with Crippen molar-refractivity contribution < 1.29 is 9.50 Å². The molecule has 88 valence electrons. The highest BCUT2D eigenvalue weighted by Crippen LogP contribution is 2.33. The smallest absolute Gasteiger partial charge is 0.129 e. The molecule has 3 heteroatoms. The Morgan fingerprint density at radius 1 is 1.38 bits per heavy atom. The number of aryl methyl sites for hydroxylation is 2. The molecule has 1 aromatic rings. The van der Waals surface area contributed by atoms with E-state index in [4.69, 9.17) is 0 Å². The predicted molar refractivity (Wildman–Crippen MR) is 61.9 cm³/mol. The van der Waals surface area contributed by atoms with Gasteiger partial charge in [0.25, 0.3) is 0 Å². The Hall–Kier alpha value is -0.930. The molecule has 0 aliphatic carbocycles. The van der Waals surface area contributed by atoms with E-state index in [2.05, 4.69) is 5.32 Å². The quantitative estimate of drug-likeness (QED) is 0.763. The largest absolute Gasteiger partial charge is 0.384 e. The lowest BCUT2D eigenvalue weighted by Crippen LogP contribution is -2.44. The van der Waals surface area contributed by atoms with E-state index >= 15 is 0 Å². The third-order valence-corrected chi connectivity index (χ3v) is 3.26. The number of hydrogen-bond acceptors (Lipinski definition) is 2. The first-order chi connectivity index (χ1) is 7.53. The lowest BCUT2D eigenvalue weighted by molar-refractivity contribution is 0.00849. The highest BCUT2D eigenvalue weighted by atomic mass is 19.1. The third kappa shape index (κ3) is 1.97. The van der Waals surface area contributed by atoms with E-state index in [1.807, 2.05) is 19.9 Å². The van der Waals surface area contributed by atoms with Crippen molar-refractivity contribution in [2.75, 3.05) is 13.1 Å². The minimum atomic E-state index is -1.04. The van der Waals surface area contributed by atoms with Crippen LogP contribution in [0.5, 0.6) is 0 Å². The van der Waals surface area contributed by atoms with Crippen molar-refractivity contribution in [3.8, 4) is 0 Å². The molecule has 0 spiro atoms. The predicted octanol–water partition coefficient (Wildman–Crippen LogP) is 2.01. The molecule has 16 heavy (non-hydrogen) atoms. The van der Waals surface area contributed by atoms with E-state index in [0.717, 1.165) is 24.1 Å². The molecule has 1 heterocycles. The van der Waals surface area contributed by atoms with Crippen molar-refractivity contribution in [3.63, 3.8) is 0 Å². The van der Waals surface area contributed by atoms with Crippen LogP contribution in [0, 0.1) is 19.7 Å². The minimum absolute atomic E-state index is 0.288. The first-order valence-corrected chi connectivity index (χ1v) is 5.73. The highest BCUT2D eigenvalue weighted by molar-refractivity contribution is 5.36. The number of benzene rings is 1. The number of nitrogens with one attached hydrogen (secondary N) is 1. The van der Waals surface area contributed by atoms with Crippen molar-refractivity contribution in [1.29, 1.82) is 0 Å². The fraction of sp³-hybridized carbons (Fsp3) is 0.538. The lowest BCUT2D eigenvalue weighted by atomic mass is 9.83. The molecule has 0 radical (unpaired) electrons. The van der Waals surface area contributed by atoms with Crippen LogP contribution in [0.2, 0.25) is 0 Å². The van der Waals surface area contributed by atoms with Gasteiger partial charge in [-0.1, -0.05) is 6.07 Å². The summed E-state index contributed by atoms with van der Waals surface area (Å²) in [6.45, 7) is 5.06. The summed E-state index contributed by atoms with van der Waals surface area (Å²) in [5.41, 5.74) is 1.15. The summed E-state index contributed by atoms with van der Waals surface area (Å²) in [4.78, 5) is 0. The molecular formula is C13H18FNO. The molecule has 1 aromatic carbocycles. The van der Waals surface area contributed by atoms with Gasteiger partial charge in [0.15, 0.2) is 0 Å². The average molecular weight is 223 g/mol. The molecule has 1 fully saturated rings. The van der Waals surface area contributed by atoms with E-state index in [0.29, 0.717) is 18.5 Å². The van der Waals surface area contributed by atoms with Gasteiger partial charge >= 0.3 is 0 Å². The lowest BCUT2D eigenvalue weighted by Gasteiger charge is -2.34. The Kier molecular flexibility index (Phi) is 3.00. The van der Waals surface area contributed by atoms with E-state index in [1.165, 1.54) is 6.07 Å². The first-order valence-electron chi connectivity index (χ1n) is 5.73. The van der Waals surface area contributed by atoms with Gasteiger partial charge in [-0.3, -0.25) is 0 Å². The molecule has 2 nitrogen and oxygen atoms in total. The minimum Gasteiger partial charge on any atom is -0.384 e. The van der Waals surface area contributed by atoms with Gasteiger partial charge in [-0.25, -0.2) is 4.39 Å². The van der Waals surface area contributed by atoms with Gasteiger partial charge in [-0.2, -0.15) is 0 Å². The van der Waals surface area contributed by atoms with Crippen LogP contribution in [-0.2, 0) is 5.60 Å². The summed E-state index contributed by atoms with van der Waals surface area (Å²) in [6, 6.07) is 3.42. The van der Waals surface area contributed by atoms with Crippen LogP contribution < -0.4 is 5.32 Å². The highest BCUT2D eigenvalue weighted by Gasteiger charge is 2.34. The van der Waals surface area contributed by atoms with E-state index in [1.54, 1.807) is 0 Å². The number of piperidine rings is 1. The van der Waals surface area contributed by atoms with Crippen LogP contribution in [0.15, 0.2) is 12.1 Å². The summed E-state index contributed by atoms with van der Waals surface area (Å²) in [5.74, 6) is -0.288. The van der Waals surface area contributed by atoms with E-state index < -0.39 is 5.60 Å². The number of aliphatic hydroxyl groups is 1. The van der Waals surface area contributed by atoms with Gasteiger partial charge in [0.1, 0.15) is 11.4 Å². The first kappa shape index (κ1) is 11.6. The number of rotatable bonds is 1.